The molecule has 2 rings (SSSR count). The fourth-order valence-corrected chi connectivity index (χ4v) is 2.03. The van der Waals surface area contributed by atoms with Crippen molar-refractivity contribution in [3.05, 3.63) is 47.1 Å². The number of hydrogen-bond acceptors (Lipinski definition) is 4. The Labute approximate surface area is 118 Å². The molecule has 2 aromatic heterocycles. The molecule has 2 aromatic rings. The van der Waals surface area contributed by atoms with Crippen LogP contribution in [0.4, 0.5) is 5.82 Å². The predicted molar refractivity (Wildman–Crippen MR) is 77.4 cm³/mol. The van der Waals surface area contributed by atoms with E-state index < -0.39 is 0 Å². The van der Waals surface area contributed by atoms with Gasteiger partial charge in [0.1, 0.15) is 16.8 Å². The fraction of sp³-hybridized carbons (Fsp3) is 0.357. The first-order valence-electron chi connectivity index (χ1n) is 6.40. The van der Waals surface area contributed by atoms with Crippen LogP contribution in [0.25, 0.3) is 0 Å². The molecule has 100 valence electrons. The summed E-state index contributed by atoms with van der Waals surface area (Å²) < 4.78 is 0. The number of aryl methyl sites for hydroxylation is 1. The summed E-state index contributed by atoms with van der Waals surface area (Å²) in [6, 6.07) is 5.82. The molecular formula is C14H17ClN4. The van der Waals surface area contributed by atoms with Gasteiger partial charge in [0.25, 0.3) is 0 Å². The monoisotopic (exact) mass is 276 g/mol. The van der Waals surface area contributed by atoms with Crippen LogP contribution in [0.5, 0.6) is 0 Å². The summed E-state index contributed by atoms with van der Waals surface area (Å²) >= 11 is 6.05. The highest BCUT2D eigenvalue weighted by atomic mass is 35.5. The van der Waals surface area contributed by atoms with Gasteiger partial charge in [-0.25, -0.2) is 9.97 Å². The Morgan fingerprint density at radius 2 is 1.89 bits per heavy atom. The predicted octanol–water partition coefficient (Wildman–Crippen LogP) is 3.11. The summed E-state index contributed by atoms with van der Waals surface area (Å²) in [4.78, 5) is 14.9. The van der Waals surface area contributed by atoms with Crippen LogP contribution in [-0.4, -0.2) is 21.5 Å². The van der Waals surface area contributed by atoms with Gasteiger partial charge in [-0.2, -0.15) is 0 Å². The number of anilines is 1. The summed E-state index contributed by atoms with van der Waals surface area (Å²) in [5.41, 5.74) is 1.20. The van der Waals surface area contributed by atoms with E-state index in [0.717, 1.165) is 31.2 Å². The lowest BCUT2D eigenvalue weighted by Crippen LogP contribution is -2.23. The van der Waals surface area contributed by atoms with Crippen molar-refractivity contribution in [3.63, 3.8) is 0 Å². The highest BCUT2D eigenvalue weighted by molar-refractivity contribution is 6.29. The summed E-state index contributed by atoms with van der Waals surface area (Å²) in [5.74, 6) is 1.65. The summed E-state index contributed by atoms with van der Waals surface area (Å²) in [7, 11) is 0. The van der Waals surface area contributed by atoms with Crippen molar-refractivity contribution >= 4 is 17.4 Å². The van der Waals surface area contributed by atoms with Crippen LogP contribution in [0, 0.1) is 0 Å². The van der Waals surface area contributed by atoms with E-state index in [0.29, 0.717) is 5.15 Å². The van der Waals surface area contributed by atoms with Gasteiger partial charge in [-0.15, -0.1) is 0 Å². The molecule has 0 aliphatic rings. The van der Waals surface area contributed by atoms with E-state index in [1.807, 2.05) is 25.1 Å². The molecule has 0 aromatic carbocycles. The Balaban J connectivity index is 2.24. The lowest BCUT2D eigenvalue weighted by atomic mass is 10.2. The van der Waals surface area contributed by atoms with Crippen LogP contribution in [0.2, 0.25) is 5.15 Å². The maximum Gasteiger partial charge on any atom is 0.134 e. The largest absolute Gasteiger partial charge is 0.352 e. The number of nitrogens with zero attached hydrogens (tertiary/aromatic N) is 4. The number of pyridine rings is 1. The third-order valence-corrected chi connectivity index (χ3v) is 3.07. The van der Waals surface area contributed by atoms with Gasteiger partial charge >= 0.3 is 0 Å². The zero-order chi connectivity index (χ0) is 13.7. The number of halogens is 1. The van der Waals surface area contributed by atoms with E-state index in [9.17, 15) is 0 Å². The van der Waals surface area contributed by atoms with E-state index in [2.05, 4.69) is 26.8 Å². The number of hydrogen-bond donors (Lipinski definition) is 0. The van der Waals surface area contributed by atoms with Crippen LogP contribution >= 0.6 is 11.6 Å². The highest BCUT2D eigenvalue weighted by Gasteiger charge is 2.09. The van der Waals surface area contributed by atoms with E-state index in [4.69, 9.17) is 11.6 Å². The molecule has 0 bridgehead atoms. The van der Waals surface area contributed by atoms with Crippen molar-refractivity contribution in [2.45, 2.75) is 26.8 Å². The second-order valence-electron chi connectivity index (χ2n) is 4.19. The lowest BCUT2D eigenvalue weighted by molar-refractivity contribution is 0.795. The van der Waals surface area contributed by atoms with Gasteiger partial charge in [-0.1, -0.05) is 18.5 Å². The Hall–Kier alpha value is -1.68. The average Bonchev–Trinajstić information content (AvgIpc) is 2.45. The number of rotatable bonds is 5. The van der Waals surface area contributed by atoms with Gasteiger partial charge in [0.05, 0.1) is 0 Å². The molecule has 0 fully saturated rings. The van der Waals surface area contributed by atoms with Crippen LogP contribution in [-0.2, 0) is 13.0 Å². The minimum Gasteiger partial charge on any atom is -0.352 e. The number of aromatic nitrogens is 3. The topological polar surface area (TPSA) is 41.9 Å². The smallest absolute Gasteiger partial charge is 0.134 e. The molecule has 0 saturated carbocycles. The van der Waals surface area contributed by atoms with Crippen molar-refractivity contribution < 1.29 is 0 Å². The highest BCUT2D eigenvalue weighted by Crippen LogP contribution is 2.18. The molecule has 0 aliphatic heterocycles. The van der Waals surface area contributed by atoms with Crippen LogP contribution in [0.15, 0.2) is 30.6 Å². The molecule has 0 atom stereocenters. The molecule has 4 nitrogen and oxygen atoms in total. The van der Waals surface area contributed by atoms with E-state index >= 15 is 0 Å². The molecule has 0 N–H and O–H groups in total. The molecule has 0 saturated heterocycles. The van der Waals surface area contributed by atoms with Gasteiger partial charge in [0.2, 0.25) is 0 Å². The van der Waals surface area contributed by atoms with Crippen molar-refractivity contribution in [1.29, 1.82) is 0 Å². The van der Waals surface area contributed by atoms with Gasteiger partial charge in [0, 0.05) is 38.0 Å². The lowest BCUT2D eigenvalue weighted by Gasteiger charge is -2.22. The van der Waals surface area contributed by atoms with Gasteiger partial charge in [-0.05, 0) is 24.6 Å². The zero-order valence-electron chi connectivity index (χ0n) is 11.2. The Morgan fingerprint density at radius 3 is 2.53 bits per heavy atom. The zero-order valence-corrected chi connectivity index (χ0v) is 11.9. The Kier molecular flexibility index (Phi) is 4.68. The molecule has 5 heteroatoms. The minimum atomic E-state index is 0.495. The Morgan fingerprint density at radius 1 is 1.16 bits per heavy atom. The van der Waals surface area contributed by atoms with Gasteiger partial charge < -0.3 is 4.90 Å². The first kappa shape index (κ1) is 13.7. The summed E-state index contributed by atoms with van der Waals surface area (Å²) in [5, 5.41) is 0.495. The molecule has 0 spiro atoms. The van der Waals surface area contributed by atoms with Crippen molar-refractivity contribution in [2.75, 3.05) is 11.4 Å². The second-order valence-corrected chi connectivity index (χ2v) is 4.58. The third-order valence-electron chi connectivity index (χ3n) is 2.87. The van der Waals surface area contributed by atoms with Crippen LogP contribution < -0.4 is 4.90 Å². The average molecular weight is 277 g/mol. The van der Waals surface area contributed by atoms with Crippen molar-refractivity contribution in [1.82, 2.24) is 15.0 Å². The molecule has 0 radical (unpaired) electrons. The van der Waals surface area contributed by atoms with Crippen molar-refractivity contribution in [3.8, 4) is 0 Å². The van der Waals surface area contributed by atoms with Gasteiger partial charge in [0.15, 0.2) is 0 Å². The van der Waals surface area contributed by atoms with Crippen LogP contribution in [0.3, 0.4) is 0 Å². The first-order valence-corrected chi connectivity index (χ1v) is 6.78. The Bertz CT molecular complexity index is 530. The molecule has 2 heterocycles. The molecular weight excluding hydrogens is 260 g/mol. The molecule has 0 unspecified atom stereocenters. The summed E-state index contributed by atoms with van der Waals surface area (Å²) in [6.45, 7) is 5.77. The van der Waals surface area contributed by atoms with E-state index in [1.54, 1.807) is 12.4 Å². The third kappa shape index (κ3) is 3.64. The van der Waals surface area contributed by atoms with Crippen molar-refractivity contribution in [2.24, 2.45) is 0 Å². The summed E-state index contributed by atoms with van der Waals surface area (Å²) in [6.07, 6.45) is 4.38. The SMILES string of the molecule is CCc1nc(Cl)cc(N(CC)Cc2ccncc2)n1. The molecule has 0 amide bonds. The normalized spacial score (nSPS) is 10.5. The first-order chi connectivity index (χ1) is 9.22. The van der Waals surface area contributed by atoms with E-state index in [1.165, 1.54) is 5.56 Å². The second kappa shape index (κ2) is 6.48. The van der Waals surface area contributed by atoms with E-state index in [-0.39, 0.29) is 0 Å². The fourth-order valence-electron chi connectivity index (χ4n) is 1.84. The van der Waals surface area contributed by atoms with Gasteiger partial charge in [-0.3, -0.25) is 4.98 Å². The maximum atomic E-state index is 6.05. The standard InChI is InChI=1S/C14H17ClN4/c1-3-13-17-12(15)9-14(18-13)19(4-2)10-11-5-7-16-8-6-11/h5-9H,3-4,10H2,1-2H3. The quantitative estimate of drug-likeness (QED) is 0.787. The maximum absolute atomic E-state index is 6.05. The molecule has 0 aliphatic carbocycles. The minimum absolute atomic E-state index is 0.495. The molecule has 19 heavy (non-hydrogen) atoms. The van der Waals surface area contributed by atoms with Crippen LogP contribution in [0.1, 0.15) is 25.2 Å².